The number of anilines is 1. The van der Waals surface area contributed by atoms with E-state index in [2.05, 4.69) is 5.32 Å². The average molecular weight is 701 g/mol. The van der Waals surface area contributed by atoms with Crippen LogP contribution < -0.4 is 14.4 Å². The van der Waals surface area contributed by atoms with Crippen LogP contribution in [0.5, 0.6) is 5.75 Å². The fourth-order valence-electron chi connectivity index (χ4n) is 4.82. The molecule has 0 spiro atoms. The lowest BCUT2D eigenvalue weighted by Gasteiger charge is -2.34. The summed E-state index contributed by atoms with van der Waals surface area (Å²) in [6, 6.07) is 23.4. The summed E-state index contributed by atoms with van der Waals surface area (Å²) in [5, 5.41) is 3.60. The number of hydrogen-bond acceptors (Lipinski definition) is 5. The van der Waals surface area contributed by atoms with Crippen LogP contribution in [0.4, 0.5) is 10.1 Å². The minimum Gasteiger partial charge on any atom is -0.497 e. The highest BCUT2D eigenvalue weighted by molar-refractivity contribution is 7.92. The second-order valence-electron chi connectivity index (χ2n) is 11.3. The molecule has 47 heavy (non-hydrogen) atoms. The lowest BCUT2D eigenvalue weighted by Crippen LogP contribution is -2.53. The maximum absolute atomic E-state index is 14.5. The van der Waals surface area contributed by atoms with Crippen molar-refractivity contribution in [3.05, 3.63) is 124 Å². The molecule has 248 valence electrons. The summed E-state index contributed by atoms with van der Waals surface area (Å²) in [4.78, 5) is 29.6. The fourth-order valence-corrected chi connectivity index (χ4v) is 6.70. The van der Waals surface area contributed by atoms with E-state index in [9.17, 15) is 22.4 Å². The number of amides is 2. The van der Waals surface area contributed by atoms with Gasteiger partial charge in [0.2, 0.25) is 11.8 Å². The van der Waals surface area contributed by atoms with Gasteiger partial charge in [0.1, 0.15) is 24.2 Å². The van der Waals surface area contributed by atoms with Gasteiger partial charge in [0.05, 0.1) is 17.7 Å². The molecule has 0 unspecified atom stereocenters. The molecule has 4 aromatic carbocycles. The van der Waals surface area contributed by atoms with Crippen molar-refractivity contribution in [3.8, 4) is 5.75 Å². The van der Waals surface area contributed by atoms with Gasteiger partial charge in [-0.05, 0) is 77.7 Å². The van der Waals surface area contributed by atoms with Crippen molar-refractivity contribution < 1.29 is 27.1 Å². The first-order valence-electron chi connectivity index (χ1n) is 14.9. The third kappa shape index (κ3) is 9.47. The number of nitrogens with one attached hydrogen (secondary N) is 1. The Morgan fingerprint density at radius 1 is 0.915 bits per heavy atom. The first-order chi connectivity index (χ1) is 22.4. The van der Waals surface area contributed by atoms with Crippen LogP contribution in [0.25, 0.3) is 0 Å². The fraction of sp³-hybridized carbons (Fsp3) is 0.257. The maximum atomic E-state index is 14.5. The SMILES string of the molecule is COc1ccc(S(=O)(=O)N(CC(=O)N(Cc2ccc(Cl)cc2Cl)[C@H](Cc2ccccc2)C(=O)NCC(C)C)c2ccc(F)cc2)cc1. The molecule has 0 fully saturated rings. The lowest BCUT2D eigenvalue weighted by molar-refractivity contribution is -0.140. The van der Waals surface area contributed by atoms with Gasteiger partial charge >= 0.3 is 0 Å². The molecule has 1 atom stereocenters. The first kappa shape index (κ1) is 35.7. The zero-order valence-corrected chi connectivity index (χ0v) is 28.5. The second kappa shape index (κ2) is 16.1. The number of sulfonamides is 1. The Morgan fingerprint density at radius 2 is 1.57 bits per heavy atom. The molecule has 0 radical (unpaired) electrons. The van der Waals surface area contributed by atoms with E-state index in [1.807, 2.05) is 44.2 Å². The molecule has 0 saturated carbocycles. The summed E-state index contributed by atoms with van der Waals surface area (Å²) in [5.41, 5.74) is 1.35. The first-order valence-corrected chi connectivity index (χ1v) is 17.1. The number of hydrogen-bond donors (Lipinski definition) is 1. The molecule has 4 aromatic rings. The Bertz CT molecular complexity index is 1770. The Kier molecular flexibility index (Phi) is 12.3. The molecular weight excluding hydrogens is 664 g/mol. The minimum atomic E-state index is -4.37. The molecule has 4 rings (SSSR count). The van der Waals surface area contributed by atoms with E-state index in [0.29, 0.717) is 22.9 Å². The molecule has 0 bridgehead atoms. The smallest absolute Gasteiger partial charge is 0.264 e. The van der Waals surface area contributed by atoms with Gasteiger partial charge in [-0.2, -0.15) is 0 Å². The predicted molar refractivity (Wildman–Crippen MR) is 183 cm³/mol. The number of nitrogens with zero attached hydrogens (tertiary/aromatic N) is 2. The molecule has 0 aliphatic rings. The molecule has 12 heteroatoms. The summed E-state index contributed by atoms with van der Waals surface area (Å²) in [5.74, 6) is -1.10. The number of carbonyl (C=O) groups excluding carboxylic acids is 2. The topological polar surface area (TPSA) is 96.0 Å². The second-order valence-corrected chi connectivity index (χ2v) is 14.0. The zero-order valence-electron chi connectivity index (χ0n) is 26.2. The number of benzene rings is 4. The van der Waals surface area contributed by atoms with Gasteiger partial charge in [-0.15, -0.1) is 0 Å². The highest BCUT2D eigenvalue weighted by Gasteiger charge is 2.35. The Labute approximate surface area is 285 Å². The largest absolute Gasteiger partial charge is 0.497 e. The minimum absolute atomic E-state index is 0.0592. The van der Waals surface area contributed by atoms with Gasteiger partial charge in [-0.3, -0.25) is 13.9 Å². The molecular formula is C35H36Cl2FN3O5S. The van der Waals surface area contributed by atoms with E-state index in [4.69, 9.17) is 27.9 Å². The van der Waals surface area contributed by atoms with Crippen LogP contribution in [0.1, 0.15) is 25.0 Å². The third-order valence-electron chi connectivity index (χ3n) is 7.35. The molecule has 1 N–H and O–H groups in total. The van der Waals surface area contributed by atoms with E-state index < -0.39 is 40.2 Å². The average Bonchev–Trinajstić information content (AvgIpc) is 3.05. The summed E-state index contributed by atoms with van der Waals surface area (Å²) in [6.07, 6.45) is 0.142. The monoisotopic (exact) mass is 699 g/mol. The van der Waals surface area contributed by atoms with Crippen molar-refractivity contribution in [1.29, 1.82) is 0 Å². The van der Waals surface area contributed by atoms with E-state index in [1.54, 1.807) is 12.1 Å². The van der Waals surface area contributed by atoms with E-state index in [-0.39, 0.29) is 34.5 Å². The van der Waals surface area contributed by atoms with Crippen molar-refractivity contribution >= 4 is 50.7 Å². The predicted octanol–water partition coefficient (Wildman–Crippen LogP) is 6.75. The standard InChI is InChI=1S/C35H36Cl2FN3O5S/c1-24(2)21-39-35(43)33(19-25-7-5-4-6-8-25)40(22-26-9-10-27(36)20-32(26)37)34(42)23-41(29-13-11-28(38)12-14-29)47(44,45)31-17-15-30(46-3)16-18-31/h4-18,20,24,33H,19,21-23H2,1-3H3,(H,39,43)/t33-/m1/s1. The third-order valence-corrected chi connectivity index (χ3v) is 9.73. The summed E-state index contributed by atoms with van der Waals surface area (Å²) in [6.45, 7) is 3.44. The van der Waals surface area contributed by atoms with Gasteiger partial charge in [0.25, 0.3) is 10.0 Å². The van der Waals surface area contributed by atoms with Crippen LogP contribution in [-0.2, 0) is 32.6 Å². The zero-order chi connectivity index (χ0) is 34.1. The van der Waals surface area contributed by atoms with Crippen LogP contribution in [0, 0.1) is 11.7 Å². The molecule has 0 heterocycles. The summed E-state index contributed by atoms with van der Waals surface area (Å²) < 4.78 is 48.2. The normalized spacial score (nSPS) is 12.0. The number of methoxy groups -OCH3 is 1. The lowest BCUT2D eigenvalue weighted by atomic mass is 10.0. The molecule has 0 saturated heterocycles. The molecule has 0 aliphatic heterocycles. The number of rotatable bonds is 14. The van der Waals surface area contributed by atoms with Gasteiger partial charge < -0.3 is 15.0 Å². The number of halogens is 3. The van der Waals surface area contributed by atoms with Crippen molar-refractivity contribution in [2.45, 2.75) is 37.8 Å². The van der Waals surface area contributed by atoms with E-state index >= 15 is 0 Å². The van der Waals surface area contributed by atoms with E-state index in [1.165, 1.54) is 54.5 Å². The Morgan fingerprint density at radius 3 is 2.17 bits per heavy atom. The van der Waals surface area contributed by atoms with Crippen molar-refractivity contribution in [2.75, 3.05) is 24.5 Å². The van der Waals surface area contributed by atoms with Gasteiger partial charge in [0.15, 0.2) is 0 Å². The Hall–Kier alpha value is -4.12. The molecule has 0 aliphatic carbocycles. The highest BCUT2D eigenvalue weighted by Crippen LogP contribution is 2.28. The summed E-state index contributed by atoms with van der Waals surface area (Å²) in [7, 11) is -2.91. The van der Waals surface area contributed by atoms with Gasteiger partial charge in [-0.25, -0.2) is 12.8 Å². The van der Waals surface area contributed by atoms with Crippen LogP contribution in [-0.4, -0.2) is 51.4 Å². The maximum Gasteiger partial charge on any atom is 0.264 e. The van der Waals surface area contributed by atoms with Crippen LogP contribution >= 0.6 is 23.2 Å². The quantitative estimate of drug-likeness (QED) is 0.157. The van der Waals surface area contributed by atoms with Crippen molar-refractivity contribution in [1.82, 2.24) is 10.2 Å². The van der Waals surface area contributed by atoms with Crippen molar-refractivity contribution in [2.24, 2.45) is 5.92 Å². The molecule has 2 amide bonds. The highest BCUT2D eigenvalue weighted by atomic mass is 35.5. The number of carbonyl (C=O) groups is 2. The number of ether oxygens (including phenoxy) is 1. The molecule has 8 nitrogen and oxygen atoms in total. The van der Waals surface area contributed by atoms with E-state index in [0.717, 1.165) is 22.0 Å². The van der Waals surface area contributed by atoms with Crippen LogP contribution in [0.2, 0.25) is 10.0 Å². The Balaban J connectivity index is 1.81. The van der Waals surface area contributed by atoms with Crippen LogP contribution in [0.15, 0.2) is 102 Å². The van der Waals surface area contributed by atoms with Crippen molar-refractivity contribution in [3.63, 3.8) is 0 Å². The van der Waals surface area contributed by atoms with Crippen LogP contribution in [0.3, 0.4) is 0 Å². The van der Waals surface area contributed by atoms with Gasteiger partial charge in [-0.1, -0.05) is 73.4 Å². The summed E-state index contributed by atoms with van der Waals surface area (Å²) >= 11 is 12.7. The van der Waals surface area contributed by atoms with Gasteiger partial charge in [0, 0.05) is 29.6 Å². The molecule has 0 aromatic heterocycles.